The molecule has 1 heterocycles. The van der Waals surface area contributed by atoms with Crippen molar-refractivity contribution >= 4 is 10.0 Å². The van der Waals surface area contributed by atoms with Gasteiger partial charge >= 0.3 is 0 Å². The molecule has 0 radical (unpaired) electrons. The Morgan fingerprint density at radius 3 is 2.94 bits per heavy atom. The first-order valence-corrected chi connectivity index (χ1v) is 6.77. The summed E-state index contributed by atoms with van der Waals surface area (Å²) in [6, 6.07) is 0. The molecule has 0 aliphatic heterocycles. The second-order valence-electron chi connectivity index (χ2n) is 3.59. The van der Waals surface area contributed by atoms with E-state index in [0.29, 0.717) is 6.54 Å². The Bertz CT molecular complexity index is 437. The van der Waals surface area contributed by atoms with E-state index >= 15 is 0 Å². The summed E-state index contributed by atoms with van der Waals surface area (Å²) in [4.78, 5) is 0. The number of nitrogens with one attached hydrogen (secondary N) is 2. The van der Waals surface area contributed by atoms with Gasteiger partial charge in [-0.15, -0.1) is 6.58 Å². The summed E-state index contributed by atoms with van der Waals surface area (Å²) in [5, 5.41) is 6.75. The Balaban J connectivity index is 2.27. The SMILES string of the molecule is C=CCS(=O)(=O)NCCCc1cn[nH]c1C. The van der Waals surface area contributed by atoms with Gasteiger partial charge in [-0.05, 0) is 25.3 Å². The first-order valence-electron chi connectivity index (χ1n) is 5.12. The van der Waals surface area contributed by atoms with Crippen molar-refractivity contribution in [1.82, 2.24) is 14.9 Å². The molecule has 0 aromatic carbocycles. The number of rotatable bonds is 7. The molecule has 5 nitrogen and oxygen atoms in total. The van der Waals surface area contributed by atoms with Crippen LogP contribution in [-0.2, 0) is 16.4 Å². The van der Waals surface area contributed by atoms with Crippen molar-refractivity contribution in [3.8, 4) is 0 Å². The van der Waals surface area contributed by atoms with Crippen LogP contribution in [0.25, 0.3) is 0 Å². The van der Waals surface area contributed by atoms with Crippen molar-refractivity contribution in [3.63, 3.8) is 0 Å². The summed E-state index contributed by atoms with van der Waals surface area (Å²) >= 11 is 0. The highest BCUT2D eigenvalue weighted by Crippen LogP contribution is 2.05. The Kier molecular flexibility index (Phi) is 4.70. The molecule has 0 amide bonds. The Labute approximate surface area is 96.0 Å². The van der Waals surface area contributed by atoms with Crippen LogP contribution < -0.4 is 4.72 Å². The lowest BCUT2D eigenvalue weighted by Gasteiger charge is -2.03. The fraction of sp³-hybridized carbons (Fsp3) is 0.500. The van der Waals surface area contributed by atoms with Crippen LogP contribution in [0.15, 0.2) is 18.9 Å². The predicted molar refractivity (Wildman–Crippen MR) is 63.6 cm³/mol. The minimum atomic E-state index is -3.17. The number of aryl methyl sites for hydroxylation is 2. The topological polar surface area (TPSA) is 74.8 Å². The highest BCUT2D eigenvalue weighted by molar-refractivity contribution is 7.89. The van der Waals surface area contributed by atoms with Crippen LogP contribution >= 0.6 is 0 Å². The normalized spacial score (nSPS) is 11.6. The Morgan fingerprint density at radius 2 is 2.38 bits per heavy atom. The number of hydrogen-bond acceptors (Lipinski definition) is 3. The number of hydrogen-bond donors (Lipinski definition) is 2. The fourth-order valence-electron chi connectivity index (χ4n) is 1.35. The molecule has 90 valence electrons. The summed E-state index contributed by atoms with van der Waals surface area (Å²) in [6.45, 7) is 5.79. The molecular weight excluding hydrogens is 226 g/mol. The van der Waals surface area contributed by atoms with Gasteiger partial charge < -0.3 is 0 Å². The van der Waals surface area contributed by atoms with Gasteiger partial charge in [0.15, 0.2) is 0 Å². The van der Waals surface area contributed by atoms with Crippen LogP contribution in [0.2, 0.25) is 0 Å². The van der Waals surface area contributed by atoms with Crippen LogP contribution in [0.1, 0.15) is 17.7 Å². The zero-order valence-corrected chi connectivity index (χ0v) is 10.2. The minimum absolute atomic E-state index is 0.0300. The third-order valence-electron chi connectivity index (χ3n) is 2.22. The molecule has 1 rings (SSSR count). The van der Waals surface area contributed by atoms with E-state index in [1.807, 2.05) is 6.92 Å². The number of nitrogens with zero attached hydrogens (tertiary/aromatic N) is 1. The van der Waals surface area contributed by atoms with E-state index in [0.717, 1.165) is 24.1 Å². The van der Waals surface area contributed by atoms with Gasteiger partial charge in [0.1, 0.15) is 0 Å². The molecule has 0 atom stereocenters. The second kappa shape index (κ2) is 5.81. The highest BCUT2D eigenvalue weighted by atomic mass is 32.2. The van der Waals surface area contributed by atoms with E-state index in [1.165, 1.54) is 6.08 Å². The van der Waals surface area contributed by atoms with Crippen LogP contribution in [0.3, 0.4) is 0 Å². The molecule has 2 N–H and O–H groups in total. The minimum Gasteiger partial charge on any atom is -0.283 e. The van der Waals surface area contributed by atoms with Gasteiger partial charge in [0.05, 0.1) is 11.9 Å². The molecule has 1 aromatic rings. The average Bonchev–Trinajstić information content (AvgIpc) is 2.59. The standard InChI is InChI=1S/C10H17N3O2S/c1-3-7-16(14,15)12-6-4-5-10-8-11-13-9(10)2/h3,8,12H,1,4-7H2,2H3,(H,11,13). The maximum Gasteiger partial charge on any atom is 0.215 e. The van der Waals surface area contributed by atoms with Crippen molar-refractivity contribution < 1.29 is 8.42 Å². The lowest BCUT2D eigenvalue weighted by Crippen LogP contribution is -2.26. The maximum atomic E-state index is 11.3. The largest absolute Gasteiger partial charge is 0.283 e. The van der Waals surface area contributed by atoms with Crippen molar-refractivity contribution in [1.29, 1.82) is 0 Å². The molecule has 0 unspecified atom stereocenters. The first-order chi connectivity index (χ1) is 7.55. The van der Waals surface area contributed by atoms with E-state index in [2.05, 4.69) is 21.5 Å². The third kappa shape index (κ3) is 4.16. The second-order valence-corrected chi connectivity index (χ2v) is 5.44. The number of sulfonamides is 1. The van der Waals surface area contributed by atoms with Crippen LogP contribution in [0.4, 0.5) is 0 Å². The van der Waals surface area contributed by atoms with E-state index in [-0.39, 0.29) is 5.75 Å². The van der Waals surface area contributed by atoms with Gasteiger partial charge in [-0.3, -0.25) is 5.10 Å². The van der Waals surface area contributed by atoms with Gasteiger partial charge in [0.2, 0.25) is 10.0 Å². The summed E-state index contributed by atoms with van der Waals surface area (Å²) in [7, 11) is -3.17. The summed E-state index contributed by atoms with van der Waals surface area (Å²) in [5.74, 6) is -0.0300. The zero-order chi connectivity index (χ0) is 12.0. The van der Waals surface area contributed by atoms with Crippen molar-refractivity contribution in [2.45, 2.75) is 19.8 Å². The molecule has 0 saturated heterocycles. The fourth-order valence-corrected chi connectivity index (χ4v) is 2.23. The molecule has 0 bridgehead atoms. The average molecular weight is 243 g/mol. The summed E-state index contributed by atoms with van der Waals surface area (Å²) in [5.41, 5.74) is 2.16. The summed E-state index contributed by atoms with van der Waals surface area (Å²) in [6.07, 6.45) is 4.73. The number of aromatic amines is 1. The summed E-state index contributed by atoms with van der Waals surface area (Å²) < 4.78 is 25.0. The lowest BCUT2D eigenvalue weighted by atomic mass is 10.1. The van der Waals surface area contributed by atoms with Crippen LogP contribution in [0.5, 0.6) is 0 Å². The maximum absolute atomic E-state index is 11.3. The van der Waals surface area contributed by atoms with Crippen molar-refractivity contribution in [2.75, 3.05) is 12.3 Å². The first kappa shape index (κ1) is 12.9. The van der Waals surface area contributed by atoms with Gasteiger partial charge in [0.25, 0.3) is 0 Å². The van der Waals surface area contributed by atoms with Crippen molar-refractivity contribution in [2.24, 2.45) is 0 Å². The number of aromatic nitrogens is 2. The van der Waals surface area contributed by atoms with Crippen LogP contribution in [-0.4, -0.2) is 30.9 Å². The van der Waals surface area contributed by atoms with E-state index < -0.39 is 10.0 Å². The molecule has 0 spiro atoms. The Morgan fingerprint density at radius 1 is 1.62 bits per heavy atom. The molecule has 0 saturated carbocycles. The third-order valence-corrected chi connectivity index (χ3v) is 3.53. The molecule has 6 heteroatoms. The molecule has 1 aromatic heterocycles. The van der Waals surface area contributed by atoms with E-state index in [9.17, 15) is 8.42 Å². The van der Waals surface area contributed by atoms with Gasteiger partial charge in [-0.1, -0.05) is 6.08 Å². The quantitative estimate of drug-likeness (QED) is 0.548. The molecule has 16 heavy (non-hydrogen) atoms. The monoisotopic (exact) mass is 243 g/mol. The Hall–Kier alpha value is -1.14. The van der Waals surface area contributed by atoms with Gasteiger partial charge in [-0.25, -0.2) is 13.1 Å². The molecule has 0 fully saturated rings. The molecular formula is C10H17N3O2S. The van der Waals surface area contributed by atoms with Gasteiger partial charge in [-0.2, -0.15) is 5.10 Å². The predicted octanol–water partition coefficient (Wildman–Crippen LogP) is 0.756. The highest BCUT2D eigenvalue weighted by Gasteiger charge is 2.06. The smallest absolute Gasteiger partial charge is 0.215 e. The number of H-pyrrole nitrogens is 1. The molecule has 0 aliphatic carbocycles. The lowest BCUT2D eigenvalue weighted by molar-refractivity contribution is 0.582. The van der Waals surface area contributed by atoms with E-state index in [4.69, 9.17) is 0 Å². The zero-order valence-electron chi connectivity index (χ0n) is 9.36. The van der Waals surface area contributed by atoms with Gasteiger partial charge in [0, 0.05) is 12.2 Å². The van der Waals surface area contributed by atoms with E-state index in [1.54, 1.807) is 6.20 Å². The van der Waals surface area contributed by atoms with Crippen molar-refractivity contribution in [3.05, 3.63) is 30.1 Å². The van der Waals surface area contributed by atoms with Crippen LogP contribution in [0, 0.1) is 6.92 Å². The molecule has 0 aliphatic rings.